The molecule has 1 spiro atoms. The van der Waals surface area contributed by atoms with Crippen LogP contribution in [0.15, 0.2) is 22.7 Å². The molecule has 1 aromatic carbocycles. The lowest BCUT2D eigenvalue weighted by atomic mass is 9.77. The molecule has 0 atom stereocenters. The number of likely N-dealkylation sites (tertiary alicyclic amines) is 1. The summed E-state index contributed by atoms with van der Waals surface area (Å²) in [5, 5.41) is 0.644. The number of benzene rings is 1. The molecule has 0 radical (unpaired) electrons. The average molecular weight is 357 g/mol. The Kier molecular flexibility index (Phi) is 4.09. The number of carbonyl (C=O) groups is 1. The second-order valence-electron chi connectivity index (χ2n) is 6.13. The zero-order valence-corrected chi connectivity index (χ0v) is 13.8. The zero-order valence-electron chi connectivity index (χ0n) is 11.5. The summed E-state index contributed by atoms with van der Waals surface area (Å²) in [5.74, 6) is 0.134. The van der Waals surface area contributed by atoms with E-state index in [1.54, 1.807) is 6.07 Å². The number of piperidine rings is 1. The monoisotopic (exact) mass is 355 g/mol. The van der Waals surface area contributed by atoms with Gasteiger partial charge in [-0.15, -0.1) is 0 Å². The van der Waals surface area contributed by atoms with E-state index in [-0.39, 0.29) is 5.91 Å². The van der Waals surface area contributed by atoms with Gasteiger partial charge < -0.3 is 4.90 Å². The highest BCUT2D eigenvalue weighted by molar-refractivity contribution is 9.10. The summed E-state index contributed by atoms with van der Waals surface area (Å²) < 4.78 is 0.786. The lowest BCUT2D eigenvalue weighted by molar-refractivity contribution is 0.0587. The predicted octanol–water partition coefficient (Wildman–Crippen LogP) is 4.90. The fourth-order valence-corrected chi connectivity index (χ4v) is 4.12. The summed E-state index contributed by atoms with van der Waals surface area (Å²) >= 11 is 9.37. The van der Waals surface area contributed by atoms with Crippen LogP contribution in [0.25, 0.3) is 0 Å². The van der Waals surface area contributed by atoms with E-state index in [1.165, 1.54) is 38.5 Å². The molecular formula is C16H19BrClNO. The number of nitrogens with zero attached hydrogens (tertiary/aromatic N) is 1. The standard InChI is InChI=1S/C16H19BrClNO/c17-13-11-12(3-4-14(13)18)15(20)19-9-7-16(8-10-19)5-1-2-6-16/h3-4,11H,1-2,5-10H2. The zero-order chi connectivity index (χ0) is 14.2. The molecule has 1 aromatic rings. The van der Waals surface area contributed by atoms with E-state index in [0.717, 1.165) is 23.1 Å². The largest absolute Gasteiger partial charge is 0.339 e. The first-order valence-electron chi connectivity index (χ1n) is 7.34. The maximum atomic E-state index is 12.5. The number of amides is 1. The molecule has 1 saturated heterocycles. The molecule has 0 aromatic heterocycles. The summed E-state index contributed by atoms with van der Waals surface area (Å²) in [6.07, 6.45) is 7.82. The molecule has 20 heavy (non-hydrogen) atoms. The van der Waals surface area contributed by atoms with Crippen molar-refractivity contribution in [2.45, 2.75) is 38.5 Å². The Hall–Kier alpha value is -0.540. The minimum atomic E-state index is 0.134. The number of carbonyl (C=O) groups excluding carboxylic acids is 1. The first-order valence-corrected chi connectivity index (χ1v) is 8.51. The van der Waals surface area contributed by atoms with Gasteiger partial charge in [0, 0.05) is 23.1 Å². The summed E-state index contributed by atoms with van der Waals surface area (Å²) in [7, 11) is 0. The maximum absolute atomic E-state index is 12.5. The number of halogens is 2. The Morgan fingerprint density at radius 3 is 2.40 bits per heavy atom. The van der Waals surface area contributed by atoms with Crippen LogP contribution in [0.1, 0.15) is 48.9 Å². The second-order valence-corrected chi connectivity index (χ2v) is 7.39. The van der Waals surface area contributed by atoms with Crippen LogP contribution in [0.5, 0.6) is 0 Å². The van der Waals surface area contributed by atoms with Crippen molar-refractivity contribution in [1.82, 2.24) is 4.90 Å². The van der Waals surface area contributed by atoms with Crippen LogP contribution >= 0.6 is 27.5 Å². The molecule has 1 amide bonds. The van der Waals surface area contributed by atoms with E-state index in [4.69, 9.17) is 11.6 Å². The molecule has 1 heterocycles. The van der Waals surface area contributed by atoms with Gasteiger partial charge in [0.15, 0.2) is 0 Å². The minimum absolute atomic E-state index is 0.134. The van der Waals surface area contributed by atoms with Crippen LogP contribution in [-0.4, -0.2) is 23.9 Å². The number of rotatable bonds is 1. The second kappa shape index (κ2) is 5.69. The Balaban J connectivity index is 1.68. The van der Waals surface area contributed by atoms with E-state index in [9.17, 15) is 4.79 Å². The fraction of sp³-hybridized carbons (Fsp3) is 0.562. The van der Waals surface area contributed by atoms with Gasteiger partial charge >= 0.3 is 0 Å². The Bertz CT molecular complexity index is 515. The lowest BCUT2D eigenvalue weighted by Crippen LogP contribution is -2.42. The van der Waals surface area contributed by atoms with Gasteiger partial charge in [-0.05, 0) is 65.2 Å². The first kappa shape index (κ1) is 14.4. The molecule has 1 aliphatic carbocycles. The third-order valence-corrected chi connectivity index (χ3v) is 6.16. The third kappa shape index (κ3) is 2.75. The Morgan fingerprint density at radius 2 is 1.80 bits per heavy atom. The van der Waals surface area contributed by atoms with Crippen LogP contribution in [-0.2, 0) is 0 Å². The smallest absolute Gasteiger partial charge is 0.253 e. The summed E-state index contributed by atoms with van der Waals surface area (Å²) in [6, 6.07) is 5.42. The van der Waals surface area contributed by atoms with Gasteiger partial charge in [-0.25, -0.2) is 0 Å². The van der Waals surface area contributed by atoms with Crippen LogP contribution < -0.4 is 0 Å². The highest BCUT2D eigenvalue weighted by Crippen LogP contribution is 2.46. The number of hydrogen-bond donors (Lipinski definition) is 0. The van der Waals surface area contributed by atoms with Crippen molar-refractivity contribution in [2.75, 3.05) is 13.1 Å². The molecule has 2 aliphatic rings. The van der Waals surface area contributed by atoms with E-state index < -0.39 is 0 Å². The molecule has 2 fully saturated rings. The van der Waals surface area contributed by atoms with Gasteiger partial charge in [-0.1, -0.05) is 24.4 Å². The molecular weight excluding hydrogens is 338 g/mol. The quantitative estimate of drug-likeness (QED) is 0.701. The predicted molar refractivity (Wildman–Crippen MR) is 85.2 cm³/mol. The van der Waals surface area contributed by atoms with Gasteiger partial charge in [-0.2, -0.15) is 0 Å². The fourth-order valence-electron chi connectivity index (χ4n) is 3.62. The SMILES string of the molecule is O=C(c1ccc(Cl)c(Br)c1)N1CCC2(CCCC2)CC1. The van der Waals surface area contributed by atoms with Crippen molar-refractivity contribution < 1.29 is 4.79 Å². The van der Waals surface area contributed by atoms with Crippen molar-refractivity contribution in [1.29, 1.82) is 0 Å². The van der Waals surface area contributed by atoms with E-state index in [0.29, 0.717) is 10.4 Å². The molecule has 3 rings (SSSR count). The van der Waals surface area contributed by atoms with Crippen LogP contribution in [0, 0.1) is 5.41 Å². The molecule has 108 valence electrons. The van der Waals surface area contributed by atoms with Crippen LogP contribution in [0.3, 0.4) is 0 Å². The van der Waals surface area contributed by atoms with Gasteiger partial charge in [-0.3, -0.25) is 4.79 Å². The highest BCUT2D eigenvalue weighted by Gasteiger charge is 2.38. The van der Waals surface area contributed by atoms with Gasteiger partial charge in [0.2, 0.25) is 0 Å². The molecule has 0 bridgehead atoms. The maximum Gasteiger partial charge on any atom is 0.253 e. The molecule has 1 saturated carbocycles. The molecule has 4 heteroatoms. The van der Waals surface area contributed by atoms with Gasteiger partial charge in [0.1, 0.15) is 0 Å². The molecule has 0 N–H and O–H groups in total. The van der Waals surface area contributed by atoms with Crippen molar-refractivity contribution in [2.24, 2.45) is 5.41 Å². The average Bonchev–Trinajstić information content (AvgIpc) is 2.90. The van der Waals surface area contributed by atoms with Crippen molar-refractivity contribution in [3.05, 3.63) is 33.3 Å². The topological polar surface area (TPSA) is 20.3 Å². The molecule has 0 unspecified atom stereocenters. The minimum Gasteiger partial charge on any atom is -0.339 e. The third-order valence-electron chi connectivity index (χ3n) is 4.94. The van der Waals surface area contributed by atoms with Crippen LogP contribution in [0.4, 0.5) is 0 Å². The van der Waals surface area contributed by atoms with Crippen molar-refractivity contribution >= 4 is 33.4 Å². The Labute approximate surface area is 133 Å². The van der Waals surface area contributed by atoms with Crippen molar-refractivity contribution in [3.63, 3.8) is 0 Å². The molecule has 1 aliphatic heterocycles. The van der Waals surface area contributed by atoms with Gasteiger partial charge in [0.05, 0.1) is 5.02 Å². The molecule has 2 nitrogen and oxygen atoms in total. The van der Waals surface area contributed by atoms with E-state index >= 15 is 0 Å². The van der Waals surface area contributed by atoms with E-state index in [2.05, 4.69) is 15.9 Å². The summed E-state index contributed by atoms with van der Waals surface area (Å²) in [5.41, 5.74) is 1.28. The van der Waals surface area contributed by atoms with Crippen molar-refractivity contribution in [3.8, 4) is 0 Å². The van der Waals surface area contributed by atoms with Crippen LogP contribution in [0.2, 0.25) is 5.02 Å². The van der Waals surface area contributed by atoms with Gasteiger partial charge in [0.25, 0.3) is 5.91 Å². The van der Waals surface area contributed by atoms with E-state index in [1.807, 2.05) is 17.0 Å². The normalized spacial score (nSPS) is 21.4. The Morgan fingerprint density at radius 1 is 1.15 bits per heavy atom. The lowest BCUT2D eigenvalue weighted by Gasteiger charge is -2.39. The summed E-state index contributed by atoms with van der Waals surface area (Å²) in [4.78, 5) is 14.5. The summed E-state index contributed by atoms with van der Waals surface area (Å²) in [6.45, 7) is 1.80. The highest BCUT2D eigenvalue weighted by atomic mass is 79.9. The first-order chi connectivity index (χ1) is 9.60. The number of hydrogen-bond acceptors (Lipinski definition) is 1.